The molecule has 0 radical (unpaired) electrons. The van der Waals surface area contributed by atoms with Crippen molar-refractivity contribution in [2.75, 3.05) is 4.90 Å². The minimum atomic E-state index is -0.839. The van der Waals surface area contributed by atoms with E-state index >= 15 is 0 Å². The number of hydrogen-bond donors (Lipinski definition) is 1. The number of halogens is 3. The highest BCUT2D eigenvalue weighted by Crippen LogP contribution is 2.29. The van der Waals surface area contributed by atoms with Gasteiger partial charge in [-0.1, -0.05) is 63.9 Å². The zero-order valence-corrected chi connectivity index (χ0v) is 19.7. The molecule has 33 heavy (non-hydrogen) atoms. The zero-order valence-electron chi connectivity index (χ0n) is 17.4. The fraction of sp³-hybridized carbons (Fsp3) is 0.0800. The van der Waals surface area contributed by atoms with Crippen LogP contribution in [0.3, 0.4) is 0 Å². The first kappa shape index (κ1) is 22.9. The molecule has 0 atom stereocenters. The summed E-state index contributed by atoms with van der Waals surface area (Å²) in [6.45, 7) is 1.73. The maximum absolute atomic E-state index is 14.0. The van der Waals surface area contributed by atoms with Crippen LogP contribution in [0.25, 0.3) is 6.08 Å². The number of imide groups is 2. The SMILES string of the molecule is Cc1ccc(Cl)cc1N1C(=O)NC(=O)/C(=C\c2ccc(Cc3ccccc3F)c(Br)c2)C1=O. The number of amides is 4. The number of carbonyl (C=O) groups is 3. The fourth-order valence-electron chi connectivity index (χ4n) is 3.51. The molecule has 0 aliphatic carbocycles. The molecule has 0 saturated carbocycles. The summed E-state index contributed by atoms with van der Waals surface area (Å²) in [5.41, 5.74) is 2.71. The monoisotopic (exact) mass is 526 g/mol. The molecule has 1 heterocycles. The van der Waals surface area contributed by atoms with E-state index in [1.165, 1.54) is 18.2 Å². The molecule has 3 aromatic carbocycles. The van der Waals surface area contributed by atoms with Gasteiger partial charge in [0.2, 0.25) is 0 Å². The Morgan fingerprint density at radius 3 is 2.52 bits per heavy atom. The molecule has 4 amide bonds. The summed E-state index contributed by atoms with van der Waals surface area (Å²) >= 11 is 9.53. The predicted molar refractivity (Wildman–Crippen MR) is 129 cm³/mol. The molecular formula is C25H17BrClFN2O3. The van der Waals surface area contributed by atoms with Crippen LogP contribution in [0.15, 0.2) is 70.7 Å². The Labute approximate surface area is 203 Å². The molecule has 5 nitrogen and oxygen atoms in total. The van der Waals surface area contributed by atoms with Gasteiger partial charge in [0.15, 0.2) is 0 Å². The quantitative estimate of drug-likeness (QED) is 0.344. The van der Waals surface area contributed by atoms with Crippen molar-refractivity contribution in [2.45, 2.75) is 13.3 Å². The average molecular weight is 528 g/mol. The third kappa shape index (κ3) is 4.74. The Hall–Kier alpha value is -3.29. The topological polar surface area (TPSA) is 66.5 Å². The molecule has 3 aromatic rings. The molecule has 8 heteroatoms. The van der Waals surface area contributed by atoms with Gasteiger partial charge in [-0.25, -0.2) is 14.1 Å². The first-order valence-electron chi connectivity index (χ1n) is 9.94. The minimum absolute atomic E-state index is 0.192. The molecule has 1 N–H and O–H groups in total. The van der Waals surface area contributed by atoms with Crippen molar-refractivity contribution >= 4 is 57.1 Å². The molecule has 4 rings (SSSR count). The van der Waals surface area contributed by atoms with Gasteiger partial charge in [0.1, 0.15) is 11.4 Å². The second-order valence-electron chi connectivity index (χ2n) is 7.51. The number of urea groups is 1. The molecule has 0 aromatic heterocycles. The van der Waals surface area contributed by atoms with E-state index in [1.54, 1.807) is 55.5 Å². The van der Waals surface area contributed by atoms with E-state index in [4.69, 9.17) is 11.6 Å². The molecule has 0 bridgehead atoms. The maximum atomic E-state index is 14.0. The van der Waals surface area contributed by atoms with Crippen molar-refractivity contribution in [2.24, 2.45) is 0 Å². The first-order chi connectivity index (χ1) is 15.7. The van der Waals surface area contributed by atoms with Crippen molar-refractivity contribution in [3.8, 4) is 0 Å². The number of anilines is 1. The Kier molecular flexibility index (Phi) is 6.44. The summed E-state index contributed by atoms with van der Waals surface area (Å²) in [5, 5.41) is 2.56. The number of nitrogens with zero attached hydrogens (tertiary/aromatic N) is 1. The highest BCUT2D eigenvalue weighted by atomic mass is 79.9. The van der Waals surface area contributed by atoms with Crippen molar-refractivity contribution in [1.82, 2.24) is 5.32 Å². The lowest BCUT2D eigenvalue weighted by Gasteiger charge is -2.27. The second kappa shape index (κ2) is 9.29. The van der Waals surface area contributed by atoms with Crippen LogP contribution >= 0.6 is 27.5 Å². The maximum Gasteiger partial charge on any atom is 0.335 e. The summed E-state index contributed by atoms with van der Waals surface area (Å²) in [6, 6.07) is 15.8. The largest absolute Gasteiger partial charge is 0.335 e. The molecule has 166 valence electrons. The molecule has 0 spiro atoms. The van der Waals surface area contributed by atoms with Crippen molar-refractivity contribution in [1.29, 1.82) is 0 Å². The Morgan fingerprint density at radius 1 is 1.03 bits per heavy atom. The number of benzene rings is 3. The Balaban J connectivity index is 1.66. The Morgan fingerprint density at radius 2 is 1.79 bits per heavy atom. The van der Waals surface area contributed by atoms with Gasteiger partial charge in [-0.3, -0.25) is 14.9 Å². The fourth-order valence-corrected chi connectivity index (χ4v) is 4.21. The van der Waals surface area contributed by atoms with Gasteiger partial charge in [0, 0.05) is 15.9 Å². The standard InChI is InChI=1S/C25H17BrClFN2O3/c1-14-6-9-18(27)13-22(14)30-24(32)19(23(31)29-25(30)33)10-15-7-8-16(20(26)11-15)12-17-4-2-3-5-21(17)28/h2-11,13H,12H2,1H3,(H,29,31,33)/b19-10+. The van der Waals surface area contributed by atoms with E-state index in [9.17, 15) is 18.8 Å². The van der Waals surface area contributed by atoms with Gasteiger partial charge in [-0.2, -0.15) is 0 Å². The van der Waals surface area contributed by atoms with Gasteiger partial charge < -0.3 is 0 Å². The molecule has 1 fully saturated rings. The van der Waals surface area contributed by atoms with Crippen molar-refractivity contribution < 1.29 is 18.8 Å². The van der Waals surface area contributed by atoms with E-state index < -0.39 is 17.8 Å². The van der Waals surface area contributed by atoms with Crippen LogP contribution in [0, 0.1) is 12.7 Å². The molecule has 0 unspecified atom stereocenters. The first-order valence-corrected chi connectivity index (χ1v) is 11.1. The lowest BCUT2D eigenvalue weighted by molar-refractivity contribution is -0.122. The third-order valence-corrected chi connectivity index (χ3v) is 6.21. The van der Waals surface area contributed by atoms with Crippen LogP contribution in [-0.2, 0) is 16.0 Å². The number of barbiturate groups is 1. The number of hydrogen-bond acceptors (Lipinski definition) is 3. The lowest BCUT2D eigenvalue weighted by Crippen LogP contribution is -2.54. The van der Waals surface area contributed by atoms with Gasteiger partial charge in [-0.05, 0) is 59.5 Å². The van der Waals surface area contributed by atoms with Gasteiger partial charge in [0.25, 0.3) is 11.8 Å². The summed E-state index contributed by atoms with van der Waals surface area (Å²) in [5.74, 6) is -1.82. The van der Waals surface area contributed by atoms with Crippen LogP contribution in [0.5, 0.6) is 0 Å². The average Bonchev–Trinajstić information content (AvgIpc) is 2.76. The van der Waals surface area contributed by atoms with Crippen LogP contribution in [0.2, 0.25) is 5.02 Å². The minimum Gasteiger partial charge on any atom is -0.273 e. The molecule has 1 aliphatic heterocycles. The summed E-state index contributed by atoms with van der Waals surface area (Å²) in [6.07, 6.45) is 1.79. The summed E-state index contributed by atoms with van der Waals surface area (Å²) < 4.78 is 14.7. The third-order valence-electron chi connectivity index (χ3n) is 5.24. The number of carbonyl (C=O) groups excluding carboxylic acids is 3. The lowest BCUT2D eigenvalue weighted by atomic mass is 10.0. The molecule has 1 aliphatic rings. The predicted octanol–water partition coefficient (Wildman–Crippen LogP) is 5.81. The molecular weight excluding hydrogens is 511 g/mol. The number of rotatable bonds is 4. The summed E-state index contributed by atoms with van der Waals surface area (Å²) in [4.78, 5) is 38.9. The number of nitrogens with one attached hydrogen (secondary N) is 1. The smallest absolute Gasteiger partial charge is 0.273 e. The molecule has 1 saturated heterocycles. The van der Waals surface area contributed by atoms with Gasteiger partial charge >= 0.3 is 6.03 Å². The van der Waals surface area contributed by atoms with E-state index in [0.29, 0.717) is 38.3 Å². The van der Waals surface area contributed by atoms with Gasteiger partial charge in [0.05, 0.1) is 5.69 Å². The van der Waals surface area contributed by atoms with Crippen LogP contribution in [-0.4, -0.2) is 17.8 Å². The van der Waals surface area contributed by atoms with E-state index in [-0.39, 0.29) is 11.4 Å². The summed E-state index contributed by atoms with van der Waals surface area (Å²) in [7, 11) is 0. The van der Waals surface area contributed by atoms with Crippen LogP contribution in [0.4, 0.5) is 14.9 Å². The van der Waals surface area contributed by atoms with Gasteiger partial charge in [-0.15, -0.1) is 0 Å². The highest BCUT2D eigenvalue weighted by molar-refractivity contribution is 9.10. The highest BCUT2D eigenvalue weighted by Gasteiger charge is 2.37. The van der Waals surface area contributed by atoms with E-state index in [1.807, 2.05) is 0 Å². The van der Waals surface area contributed by atoms with Crippen LogP contribution in [0.1, 0.15) is 22.3 Å². The normalized spacial score (nSPS) is 15.2. The van der Waals surface area contributed by atoms with E-state index in [2.05, 4.69) is 21.2 Å². The number of aryl methyl sites for hydroxylation is 1. The van der Waals surface area contributed by atoms with Crippen molar-refractivity contribution in [3.63, 3.8) is 0 Å². The van der Waals surface area contributed by atoms with E-state index in [0.717, 1.165) is 10.5 Å². The second-order valence-corrected chi connectivity index (χ2v) is 8.80. The van der Waals surface area contributed by atoms with Crippen molar-refractivity contribution in [3.05, 3.63) is 104 Å². The van der Waals surface area contributed by atoms with Crippen LogP contribution < -0.4 is 10.2 Å². The zero-order chi connectivity index (χ0) is 23.7. The Bertz CT molecular complexity index is 1340.